The molecular formula is C41H48N4O6. The second-order valence-corrected chi connectivity index (χ2v) is 13.8. The fourth-order valence-corrected chi connectivity index (χ4v) is 7.94. The summed E-state index contributed by atoms with van der Waals surface area (Å²) in [6.07, 6.45) is 11.7. The lowest BCUT2D eigenvalue weighted by atomic mass is 9.85. The molecule has 8 bridgehead atoms. The van der Waals surface area contributed by atoms with Gasteiger partial charge in [0, 0.05) is 68.8 Å². The highest BCUT2D eigenvalue weighted by Crippen LogP contribution is 2.48. The van der Waals surface area contributed by atoms with Gasteiger partial charge in [-0.25, -0.2) is 0 Å². The van der Waals surface area contributed by atoms with E-state index < -0.39 is 11.9 Å². The first kappa shape index (κ1) is 35.7. The van der Waals surface area contributed by atoms with E-state index in [0.29, 0.717) is 51.8 Å². The van der Waals surface area contributed by atoms with Gasteiger partial charge in [-0.3, -0.25) is 19.2 Å². The van der Waals surface area contributed by atoms with Crippen LogP contribution in [-0.2, 0) is 31.9 Å². The number of rotatable bonds is 10. The number of carbonyl (C=O) groups excluding carboxylic acids is 4. The molecule has 3 aliphatic rings. The molecule has 3 aromatic heterocycles. The van der Waals surface area contributed by atoms with Crippen LogP contribution in [0.15, 0.2) is 23.0 Å². The van der Waals surface area contributed by atoms with Crippen molar-refractivity contribution in [3.8, 4) is 0 Å². The lowest BCUT2D eigenvalue weighted by molar-refractivity contribution is -0.143. The Labute approximate surface area is 298 Å². The number of esters is 2. The van der Waals surface area contributed by atoms with Crippen LogP contribution < -0.4 is 16.0 Å². The van der Waals surface area contributed by atoms with Crippen molar-refractivity contribution < 1.29 is 28.7 Å². The maximum absolute atomic E-state index is 14.2. The van der Waals surface area contributed by atoms with E-state index in [-0.39, 0.29) is 36.6 Å². The van der Waals surface area contributed by atoms with Gasteiger partial charge in [0.25, 0.3) is 0 Å². The van der Waals surface area contributed by atoms with Crippen LogP contribution in [-0.4, -0.2) is 52.7 Å². The van der Waals surface area contributed by atoms with E-state index >= 15 is 0 Å². The Balaban J connectivity index is 1.60. The third-order valence-corrected chi connectivity index (χ3v) is 11.1. The predicted molar refractivity (Wildman–Crippen MR) is 197 cm³/mol. The summed E-state index contributed by atoms with van der Waals surface area (Å²) in [5, 5.41) is 5.12. The van der Waals surface area contributed by atoms with Crippen molar-refractivity contribution in [2.75, 3.05) is 13.7 Å². The molecule has 0 radical (unpaired) electrons. The first-order chi connectivity index (χ1) is 24.5. The van der Waals surface area contributed by atoms with Gasteiger partial charge in [-0.05, 0) is 93.0 Å². The quantitative estimate of drug-likeness (QED) is 0.0955. The Bertz CT molecular complexity index is 2170. The zero-order valence-electron chi connectivity index (χ0n) is 30.8. The molecule has 1 aliphatic carbocycles. The molecule has 3 atom stereocenters. The van der Waals surface area contributed by atoms with Crippen LogP contribution in [0, 0.1) is 31.6 Å². The van der Waals surface area contributed by atoms with E-state index in [0.717, 1.165) is 69.5 Å². The number of hydrogen-bond donors (Lipinski definition) is 4. The third kappa shape index (κ3) is 6.15. The normalized spacial score (nSPS) is 23.1. The number of allylic oxidation sites excluding steroid dienone is 3. The zero-order chi connectivity index (χ0) is 36.7. The van der Waals surface area contributed by atoms with Gasteiger partial charge in [-0.15, -0.1) is 0 Å². The topological polar surface area (TPSA) is 146 Å². The molecular weight excluding hydrogens is 644 g/mol. The van der Waals surface area contributed by atoms with Gasteiger partial charge in [-0.2, -0.15) is 0 Å². The molecule has 268 valence electrons. The smallest absolute Gasteiger partial charge is 0.321 e. The molecule has 0 aromatic carbocycles. The standard InChI is InChI=1S/C41H48N4O6/c1-9-20(4)14-15-51-34(47)13-12-26-22(6)29-16-28-21(5)24(10-2)31(42-28)18-33-27(19-46)25(11-3)32(43-33)17-30-23(7)35-39(45-30)36(38(26)44-29)37(40(35)48)41(49)50-8/h14,16-19,22,26,37,42-45H,9-13,15H2,1-8H3/b20-14-,29-16-,32-17-,33-18-,38-36-/t22-,26-,37+/m0/s1. The number of aromatic amines is 3. The average Bonchev–Trinajstić information content (AvgIpc) is 3.87. The van der Waals surface area contributed by atoms with Gasteiger partial charge >= 0.3 is 11.9 Å². The number of ketones is 1. The van der Waals surface area contributed by atoms with E-state index in [2.05, 4.69) is 54.0 Å². The molecule has 0 spiro atoms. The van der Waals surface area contributed by atoms with Crippen LogP contribution in [0.4, 0.5) is 0 Å². The lowest BCUT2D eigenvalue weighted by Gasteiger charge is -2.19. The minimum atomic E-state index is -1.17. The summed E-state index contributed by atoms with van der Waals surface area (Å²) in [5.74, 6) is -2.78. The summed E-state index contributed by atoms with van der Waals surface area (Å²) in [4.78, 5) is 63.8. The third-order valence-electron chi connectivity index (χ3n) is 11.1. The van der Waals surface area contributed by atoms with Crippen LogP contribution in [0.25, 0.3) is 23.8 Å². The summed E-state index contributed by atoms with van der Waals surface area (Å²) in [7, 11) is 1.29. The number of methoxy groups -OCH3 is 1. The highest BCUT2D eigenvalue weighted by molar-refractivity contribution is 6.24. The fourth-order valence-electron chi connectivity index (χ4n) is 7.94. The maximum Gasteiger partial charge on any atom is 0.321 e. The zero-order valence-corrected chi connectivity index (χ0v) is 30.8. The van der Waals surface area contributed by atoms with E-state index in [1.54, 1.807) is 0 Å². The highest BCUT2D eigenvalue weighted by Gasteiger charge is 2.48. The van der Waals surface area contributed by atoms with Gasteiger partial charge in [0.1, 0.15) is 12.5 Å². The van der Waals surface area contributed by atoms with Crippen molar-refractivity contribution in [1.29, 1.82) is 0 Å². The predicted octanol–water partition coefficient (Wildman–Crippen LogP) is 5.47. The molecule has 0 amide bonds. The Hall–Kier alpha value is -5.12. The number of H-pyrrole nitrogens is 3. The Morgan fingerprint density at radius 3 is 2.29 bits per heavy atom. The monoisotopic (exact) mass is 692 g/mol. The lowest BCUT2D eigenvalue weighted by Crippen LogP contribution is -2.25. The van der Waals surface area contributed by atoms with Gasteiger partial charge in [0.05, 0.1) is 18.2 Å². The van der Waals surface area contributed by atoms with Gasteiger partial charge in [0.15, 0.2) is 12.1 Å². The number of carbonyl (C=O) groups is 4. The van der Waals surface area contributed by atoms with Crippen LogP contribution in [0.1, 0.15) is 120 Å². The van der Waals surface area contributed by atoms with Crippen LogP contribution >= 0.6 is 0 Å². The minimum Gasteiger partial charge on any atom is -0.468 e. The molecule has 0 saturated carbocycles. The second kappa shape index (κ2) is 14.2. The van der Waals surface area contributed by atoms with Gasteiger partial charge in [0.2, 0.25) is 0 Å². The summed E-state index contributed by atoms with van der Waals surface area (Å²) in [5.41, 5.74) is 11.2. The fraction of sp³-hybridized carbons (Fsp3) is 0.415. The number of aromatic nitrogens is 3. The number of Topliss-reactive ketones (excluding diaryl/α,β-unsaturated/α-hetero) is 1. The first-order valence-electron chi connectivity index (χ1n) is 18.0. The number of ether oxygens (including phenoxy) is 2. The number of fused-ring (bicyclic) bond motifs is 7. The largest absolute Gasteiger partial charge is 0.468 e. The summed E-state index contributed by atoms with van der Waals surface area (Å²) < 4.78 is 10.8. The van der Waals surface area contributed by atoms with Crippen molar-refractivity contribution in [3.63, 3.8) is 0 Å². The molecule has 3 aromatic rings. The van der Waals surface area contributed by atoms with Crippen molar-refractivity contribution in [3.05, 3.63) is 89.9 Å². The van der Waals surface area contributed by atoms with Crippen LogP contribution in [0.3, 0.4) is 0 Å². The Morgan fingerprint density at radius 2 is 1.63 bits per heavy atom. The molecule has 1 fully saturated rings. The van der Waals surface area contributed by atoms with Crippen molar-refractivity contribution >= 4 is 47.8 Å². The summed E-state index contributed by atoms with van der Waals surface area (Å²) >= 11 is 0. The van der Waals surface area contributed by atoms with Crippen molar-refractivity contribution in [2.45, 2.75) is 80.6 Å². The van der Waals surface area contributed by atoms with E-state index in [1.165, 1.54) is 7.11 Å². The molecule has 4 N–H and O–H groups in total. The highest BCUT2D eigenvalue weighted by atomic mass is 16.5. The molecule has 2 aliphatic heterocycles. The Morgan fingerprint density at radius 1 is 0.922 bits per heavy atom. The molecule has 51 heavy (non-hydrogen) atoms. The molecule has 1 saturated heterocycles. The number of nitrogens with one attached hydrogen (secondary N) is 4. The summed E-state index contributed by atoms with van der Waals surface area (Å²) in [6, 6.07) is 0. The van der Waals surface area contributed by atoms with Crippen LogP contribution in [0.5, 0.6) is 0 Å². The SMILES string of the molecule is CC/C(C)=C\COC(=O)CC[C@@H]1/C2=C3/c4[nH]c(c(C)c4C(=O)[C@@H]3C(=O)OC)/C=c3\[nH]/c(c(C=O)c3CC)=C\c3[nH]c(c(C)c3CC)/C=C(\N2)[C@H]1C. The van der Waals surface area contributed by atoms with Crippen molar-refractivity contribution in [2.24, 2.45) is 17.8 Å². The molecule has 10 heteroatoms. The van der Waals surface area contributed by atoms with Crippen molar-refractivity contribution in [1.82, 2.24) is 20.3 Å². The molecule has 6 rings (SSSR count). The molecule has 0 unspecified atom stereocenters. The van der Waals surface area contributed by atoms with E-state index in [1.807, 2.05) is 39.0 Å². The average molecular weight is 693 g/mol. The molecule has 5 heterocycles. The summed E-state index contributed by atoms with van der Waals surface area (Å²) in [6.45, 7) is 14.5. The first-order valence-corrected chi connectivity index (χ1v) is 18.0. The second-order valence-electron chi connectivity index (χ2n) is 13.8. The van der Waals surface area contributed by atoms with Gasteiger partial charge in [-0.1, -0.05) is 33.3 Å². The van der Waals surface area contributed by atoms with Gasteiger partial charge < -0.3 is 29.7 Å². The number of aldehydes is 1. The minimum absolute atomic E-state index is 0.0997. The maximum atomic E-state index is 14.2. The molecule has 10 nitrogen and oxygen atoms in total. The van der Waals surface area contributed by atoms with E-state index in [4.69, 9.17) is 9.47 Å². The van der Waals surface area contributed by atoms with Crippen LogP contribution in [0.2, 0.25) is 0 Å². The Kier molecular flexibility index (Phi) is 9.97. The number of hydrogen-bond acceptors (Lipinski definition) is 7. The van der Waals surface area contributed by atoms with E-state index in [9.17, 15) is 19.2 Å².